The van der Waals surface area contributed by atoms with Gasteiger partial charge >= 0.3 is 0 Å². The number of ether oxygens (including phenoxy) is 7. The van der Waals surface area contributed by atoms with E-state index in [1.165, 1.54) is 20.3 Å². The highest BCUT2D eigenvalue weighted by atomic mass is 16.5. The lowest BCUT2D eigenvalue weighted by Crippen LogP contribution is -2.11. The molecule has 9 heteroatoms. The van der Waals surface area contributed by atoms with Gasteiger partial charge in [0.2, 0.25) is 11.7 Å². The number of nitrogens with one attached hydrogen (secondary N) is 1. The molecule has 0 aromatic heterocycles. The second kappa shape index (κ2) is 13.7. The van der Waals surface area contributed by atoms with Crippen LogP contribution in [0, 0.1) is 0 Å². The fourth-order valence-corrected chi connectivity index (χ4v) is 3.89. The van der Waals surface area contributed by atoms with Gasteiger partial charge in [-0.05, 0) is 53.6 Å². The van der Waals surface area contributed by atoms with E-state index in [1.54, 1.807) is 59.8 Å². The van der Waals surface area contributed by atoms with Crippen molar-refractivity contribution in [3.05, 3.63) is 65.2 Å². The maximum absolute atomic E-state index is 13.0. The van der Waals surface area contributed by atoms with Crippen LogP contribution in [0.15, 0.2) is 48.5 Å². The standard InChI is InChI=1S/C30H33NO8/c1-33-22-13-9-19(16-24(22)35-3)10-15-27(32)31-28-21(12-14-23(34-2)30(28)39-7)11-8-20-17-25(36-4)29(38-6)26(18-20)37-5/h8-18H,1-7H3,(H,31,32)/b11-8+,15-10+. The first-order valence-corrected chi connectivity index (χ1v) is 11.9. The van der Waals surface area contributed by atoms with E-state index >= 15 is 0 Å². The SMILES string of the molecule is COc1ccc(/C=C/C(=O)Nc2c(/C=C/c3cc(OC)c(OC)c(OC)c3)ccc(OC)c2OC)cc1OC. The summed E-state index contributed by atoms with van der Waals surface area (Å²) in [6.45, 7) is 0. The van der Waals surface area contributed by atoms with Crippen molar-refractivity contribution in [2.24, 2.45) is 0 Å². The molecule has 0 radical (unpaired) electrons. The van der Waals surface area contributed by atoms with Crippen molar-refractivity contribution in [1.82, 2.24) is 0 Å². The van der Waals surface area contributed by atoms with Crippen LogP contribution in [0.5, 0.6) is 40.2 Å². The van der Waals surface area contributed by atoms with Crippen molar-refractivity contribution in [2.75, 3.05) is 55.1 Å². The molecule has 0 spiro atoms. The minimum absolute atomic E-state index is 0.362. The number of methoxy groups -OCH3 is 7. The van der Waals surface area contributed by atoms with Crippen LogP contribution >= 0.6 is 0 Å². The smallest absolute Gasteiger partial charge is 0.248 e. The van der Waals surface area contributed by atoms with Crippen molar-refractivity contribution < 1.29 is 38.0 Å². The summed E-state index contributed by atoms with van der Waals surface area (Å²) in [6, 6.07) is 12.6. The molecule has 0 saturated heterocycles. The van der Waals surface area contributed by atoms with E-state index in [2.05, 4.69) is 5.32 Å². The molecule has 0 unspecified atom stereocenters. The average molecular weight is 536 g/mol. The summed E-state index contributed by atoms with van der Waals surface area (Å²) in [7, 11) is 10.8. The van der Waals surface area contributed by atoms with Crippen molar-refractivity contribution in [1.29, 1.82) is 0 Å². The van der Waals surface area contributed by atoms with Crippen LogP contribution in [0.4, 0.5) is 5.69 Å². The van der Waals surface area contributed by atoms with Gasteiger partial charge in [-0.2, -0.15) is 0 Å². The molecule has 1 N–H and O–H groups in total. The molecule has 3 rings (SSSR count). The Bertz CT molecular complexity index is 1340. The molecule has 0 atom stereocenters. The molecule has 9 nitrogen and oxygen atoms in total. The molecule has 0 aliphatic rings. The van der Waals surface area contributed by atoms with Gasteiger partial charge in [0.05, 0.1) is 55.5 Å². The van der Waals surface area contributed by atoms with Crippen LogP contribution in [0.25, 0.3) is 18.2 Å². The third-order valence-corrected chi connectivity index (χ3v) is 5.80. The highest BCUT2D eigenvalue weighted by Crippen LogP contribution is 2.41. The minimum atomic E-state index is -0.362. The Morgan fingerprint density at radius 2 is 1.13 bits per heavy atom. The predicted molar refractivity (Wildman–Crippen MR) is 152 cm³/mol. The van der Waals surface area contributed by atoms with Gasteiger partial charge in [0.25, 0.3) is 0 Å². The lowest BCUT2D eigenvalue weighted by molar-refractivity contribution is -0.111. The highest BCUT2D eigenvalue weighted by Gasteiger charge is 2.16. The molecule has 0 fully saturated rings. The summed E-state index contributed by atoms with van der Waals surface area (Å²) in [4.78, 5) is 13.0. The lowest BCUT2D eigenvalue weighted by atomic mass is 10.1. The summed E-state index contributed by atoms with van der Waals surface area (Å²) in [5, 5.41) is 2.92. The van der Waals surface area contributed by atoms with Gasteiger partial charge in [0.1, 0.15) is 0 Å². The Hall–Kier alpha value is -4.79. The Kier molecular flexibility index (Phi) is 10.1. The number of hydrogen-bond acceptors (Lipinski definition) is 8. The first-order chi connectivity index (χ1) is 18.9. The van der Waals surface area contributed by atoms with Gasteiger partial charge in [-0.3, -0.25) is 4.79 Å². The number of anilines is 1. The molecule has 0 saturated carbocycles. The molecule has 206 valence electrons. The van der Waals surface area contributed by atoms with Crippen LogP contribution in [-0.2, 0) is 4.79 Å². The molecule has 0 aliphatic heterocycles. The Morgan fingerprint density at radius 1 is 0.564 bits per heavy atom. The van der Waals surface area contributed by atoms with E-state index in [0.29, 0.717) is 51.5 Å². The van der Waals surface area contributed by atoms with Gasteiger partial charge in [0.15, 0.2) is 34.5 Å². The van der Waals surface area contributed by atoms with E-state index in [9.17, 15) is 4.79 Å². The second-order valence-corrected chi connectivity index (χ2v) is 7.99. The molecule has 39 heavy (non-hydrogen) atoms. The normalized spacial score (nSPS) is 10.8. The van der Waals surface area contributed by atoms with Crippen LogP contribution in [0.1, 0.15) is 16.7 Å². The maximum Gasteiger partial charge on any atom is 0.248 e. The quantitative estimate of drug-likeness (QED) is 0.238. The number of carbonyl (C=O) groups is 1. The highest BCUT2D eigenvalue weighted by molar-refractivity contribution is 6.04. The zero-order chi connectivity index (χ0) is 28.4. The topological polar surface area (TPSA) is 93.7 Å². The van der Waals surface area contributed by atoms with Crippen LogP contribution in [0.2, 0.25) is 0 Å². The second-order valence-electron chi connectivity index (χ2n) is 7.99. The lowest BCUT2D eigenvalue weighted by Gasteiger charge is -2.16. The first-order valence-electron chi connectivity index (χ1n) is 11.9. The number of benzene rings is 3. The zero-order valence-electron chi connectivity index (χ0n) is 23.1. The van der Waals surface area contributed by atoms with Gasteiger partial charge in [-0.1, -0.05) is 18.2 Å². The van der Waals surface area contributed by atoms with Crippen molar-refractivity contribution in [2.45, 2.75) is 0 Å². The van der Waals surface area contributed by atoms with Crippen molar-refractivity contribution in [3.8, 4) is 40.2 Å². The van der Waals surface area contributed by atoms with E-state index in [-0.39, 0.29) is 5.91 Å². The summed E-state index contributed by atoms with van der Waals surface area (Å²) in [5.41, 5.74) is 2.70. The largest absolute Gasteiger partial charge is 0.493 e. The molecular weight excluding hydrogens is 502 g/mol. The number of rotatable bonds is 12. The van der Waals surface area contributed by atoms with Crippen LogP contribution in [-0.4, -0.2) is 55.7 Å². The summed E-state index contributed by atoms with van der Waals surface area (Å²) in [6.07, 6.45) is 6.80. The Balaban J connectivity index is 1.95. The third kappa shape index (κ3) is 6.75. The Labute approximate surface area is 228 Å². The monoisotopic (exact) mass is 535 g/mol. The molecule has 0 bridgehead atoms. The average Bonchev–Trinajstić information content (AvgIpc) is 2.97. The first kappa shape index (κ1) is 28.8. The Morgan fingerprint density at radius 3 is 1.69 bits per heavy atom. The predicted octanol–water partition coefficient (Wildman–Crippen LogP) is 5.57. The molecule has 3 aromatic carbocycles. The van der Waals surface area contributed by atoms with E-state index in [0.717, 1.165) is 11.1 Å². The van der Waals surface area contributed by atoms with Gasteiger partial charge in [0, 0.05) is 11.6 Å². The van der Waals surface area contributed by atoms with Gasteiger partial charge in [-0.15, -0.1) is 0 Å². The minimum Gasteiger partial charge on any atom is -0.493 e. The molecule has 0 heterocycles. The van der Waals surface area contributed by atoms with Gasteiger partial charge in [-0.25, -0.2) is 0 Å². The third-order valence-electron chi connectivity index (χ3n) is 5.80. The fourth-order valence-electron chi connectivity index (χ4n) is 3.89. The van der Waals surface area contributed by atoms with Crippen LogP contribution < -0.4 is 38.5 Å². The maximum atomic E-state index is 13.0. The van der Waals surface area contributed by atoms with E-state index < -0.39 is 0 Å². The molecule has 0 aliphatic carbocycles. The number of hydrogen-bond donors (Lipinski definition) is 1. The summed E-state index contributed by atoms with van der Waals surface area (Å²) < 4.78 is 38.0. The number of amides is 1. The molecular formula is C30H33NO8. The summed E-state index contributed by atoms with van der Waals surface area (Å²) >= 11 is 0. The van der Waals surface area contributed by atoms with Crippen LogP contribution in [0.3, 0.4) is 0 Å². The van der Waals surface area contributed by atoms with E-state index in [4.69, 9.17) is 33.2 Å². The fraction of sp³-hybridized carbons (Fsp3) is 0.233. The van der Waals surface area contributed by atoms with Crippen molar-refractivity contribution >= 4 is 29.8 Å². The molecule has 3 aromatic rings. The van der Waals surface area contributed by atoms with E-state index in [1.807, 2.05) is 36.4 Å². The van der Waals surface area contributed by atoms with Crippen molar-refractivity contribution in [3.63, 3.8) is 0 Å². The zero-order valence-corrected chi connectivity index (χ0v) is 23.1. The summed E-state index contributed by atoms with van der Waals surface area (Å²) in [5.74, 6) is 3.21. The van der Waals surface area contributed by atoms with Gasteiger partial charge < -0.3 is 38.5 Å². The molecule has 1 amide bonds. The number of carbonyl (C=O) groups excluding carboxylic acids is 1.